The van der Waals surface area contributed by atoms with Crippen molar-refractivity contribution >= 4 is 41.9 Å². The predicted molar refractivity (Wildman–Crippen MR) is 99.0 cm³/mol. The molecule has 0 saturated carbocycles. The molecule has 128 valence electrons. The number of benzene rings is 2. The van der Waals surface area contributed by atoms with Gasteiger partial charge in [0.2, 0.25) is 0 Å². The minimum atomic E-state index is -3.75. The van der Waals surface area contributed by atoms with Crippen molar-refractivity contribution in [3.63, 3.8) is 0 Å². The molecule has 2 aromatic rings. The van der Waals surface area contributed by atoms with Crippen LogP contribution in [0.4, 0.5) is 0 Å². The van der Waals surface area contributed by atoms with Crippen LogP contribution in [0, 0.1) is 0 Å². The minimum Gasteiger partial charge on any atom is -0.560 e. The summed E-state index contributed by atoms with van der Waals surface area (Å²) in [6.45, 7) is 0. The molecule has 2 aromatic carbocycles. The van der Waals surface area contributed by atoms with Gasteiger partial charge in [-0.05, 0) is 23.3 Å². The molecule has 25 heavy (non-hydrogen) atoms. The van der Waals surface area contributed by atoms with E-state index in [1.165, 1.54) is 12.2 Å². The molecule has 0 heterocycles. The fourth-order valence-corrected chi connectivity index (χ4v) is 2.27. The van der Waals surface area contributed by atoms with Crippen molar-refractivity contribution in [2.24, 2.45) is 0 Å². The zero-order valence-electron chi connectivity index (χ0n) is 13.4. The van der Waals surface area contributed by atoms with E-state index in [0.29, 0.717) is 0 Å². The first-order valence-corrected chi connectivity index (χ1v) is 10.5. The first kappa shape index (κ1) is 24.7. The van der Waals surface area contributed by atoms with Gasteiger partial charge in [-0.1, -0.05) is 60.7 Å². The van der Waals surface area contributed by atoms with E-state index >= 15 is 0 Å². The van der Waals surface area contributed by atoms with Crippen molar-refractivity contribution in [1.82, 2.24) is 0 Å². The molecule has 1 N–H and O–H groups in total. The van der Waals surface area contributed by atoms with Gasteiger partial charge in [0.1, 0.15) is 0 Å². The Bertz CT molecular complexity index is 820. The summed E-state index contributed by atoms with van der Waals surface area (Å²) >= 11 is 0. The van der Waals surface area contributed by atoms with E-state index in [1.54, 1.807) is 36.4 Å². The summed E-state index contributed by atoms with van der Waals surface area (Å²) in [5.74, 6) is 0. The van der Waals surface area contributed by atoms with Gasteiger partial charge in [-0.2, -0.15) is 0 Å². The molecule has 5 nitrogen and oxygen atoms in total. The van der Waals surface area contributed by atoms with Gasteiger partial charge < -0.3 is 5.14 Å². The van der Waals surface area contributed by atoms with Crippen molar-refractivity contribution in [1.29, 1.82) is 0 Å². The Morgan fingerprint density at radius 2 is 1.08 bits per heavy atom. The zero-order valence-corrected chi connectivity index (χ0v) is 18.9. The standard InChI is InChI=1S/C8H7ClO2S.C8H8NO2S.K/c2*9-12(10,11)7-6-8-4-2-1-3-5-8;/h1-7H;1-7H,(H-,9,10,11);/q;-1;+1/b2*7-6+;. The molecule has 0 saturated heterocycles. The van der Waals surface area contributed by atoms with E-state index in [1.807, 2.05) is 24.3 Å². The molecule has 0 aliphatic rings. The van der Waals surface area contributed by atoms with Crippen molar-refractivity contribution in [2.75, 3.05) is 0 Å². The van der Waals surface area contributed by atoms with Crippen LogP contribution >= 0.6 is 10.7 Å². The molecule has 0 spiro atoms. The van der Waals surface area contributed by atoms with Crippen molar-refractivity contribution in [2.45, 2.75) is 0 Å². The Hall–Kier alpha value is -0.294. The van der Waals surface area contributed by atoms with Crippen LogP contribution in [0.25, 0.3) is 17.3 Å². The molecule has 0 atom stereocenters. The molecule has 9 heteroatoms. The Balaban J connectivity index is 0.000000443. The van der Waals surface area contributed by atoms with E-state index in [4.69, 9.17) is 15.8 Å². The third kappa shape index (κ3) is 14.6. The second-order valence-corrected chi connectivity index (χ2v) is 8.32. The van der Waals surface area contributed by atoms with Crippen molar-refractivity contribution in [3.05, 3.63) is 87.7 Å². The fraction of sp³-hybridized carbons (Fsp3) is 0. The van der Waals surface area contributed by atoms with Gasteiger partial charge in [0.05, 0.1) is 10.0 Å². The Kier molecular flexibility index (Phi) is 12.0. The van der Waals surface area contributed by atoms with Gasteiger partial charge in [0.15, 0.2) is 0 Å². The van der Waals surface area contributed by atoms with Gasteiger partial charge >= 0.3 is 51.4 Å². The summed E-state index contributed by atoms with van der Waals surface area (Å²) in [5, 5.41) is 8.39. The van der Waals surface area contributed by atoms with Crippen LogP contribution in [0.3, 0.4) is 0 Å². The number of sulfonamides is 1. The molecule has 0 aromatic heterocycles. The molecule has 0 aliphatic heterocycles. The largest absolute Gasteiger partial charge is 1.00 e. The third-order valence-corrected chi connectivity index (χ3v) is 3.73. The number of nitrogens with one attached hydrogen (secondary N) is 1. The Morgan fingerprint density at radius 1 is 0.720 bits per heavy atom. The van der Waals surface area contributed by atoms with Gasteiger partial charge in [0.25, 0.3) is 9.05 Å². The summed E-state index contributed by atoms with van der Waals surface area (Å²) in [7, 11) is -2.32. The predicted octanol–water partition coefficient (Wildman–Crippen LogP) is 1.27. The normalized spacial score (nSPS) is 11.6. The number of rotatable bonds is 4. The number of hydrogen-bond acceptors (Lipinski definition) is 4. The van der Waals surface area contributed by atoms with E-state index < -0.39 is 19.1 Å². The van der Waals surface area contributed by atoms with Crippen LogP contribution in [-0.2, 0) is 19.1 Å². The average Bonchev–Trinajstić information content (AvgIpc) is 2.52. The summed E-state index contributed by atoms with van der Waals surface area (Å²) < 4.78 is 41.7. The molecule has 0 amide bonds. The van der Waals surface area contributed by atoms with Crippen LogP contribution in [0.1, 0.15) is 11.1 Å². The molecule has 0 bridgehead atoms. The molecule has 0 fully saturated rings. The van der Waals surface area contributed by atoms with E-state index in [-0.39, 0.29) is 51.4 Å². The van der Waals surface area contributed by atoms with Gasteiger partial charge in [-0.15, -0.1) is 0 Å². The average molecular weight is 424 g/mol. The second kappa shape index (κ2) is 12.2. The maximum Gasteiger partial charge on any atom is 1.00 e. The number of halogens is 1. The summed E-state index contributed by atoms with van der Waals surface area (Å²) in [6.07, 6.45) is 2.84. The van der Waals surface area contributed by atoms with E-state index in [9.17, 15) is 16.8 Å². The van der Waals surface area contributed by atoms with Crippen LogP contribution in [0.5, 0.6) is 0 Å². The first-order chi connectivity index (χ1) is 11.2. The maximum atomic E-state index is 10.5. The smallest absolute Gasteiger partial charge is 0.560 e. The SMILES string of the molecule is O=S(=O)(Cl)/C=C/c1ccccc1.[K+].[NH-]S(=O)(=O)/C=C/c1ccccc1. The molecule has 0 unspecified atom stereocenters. The van der Waals surface area contributed by atoms with Crippen LogP contribution in [-0.4, -0.2) is 16.8 Å². The quantitative estimate of drug-likeness (QED) is 0.546. The summed E-state index contributed by atoms with van der Waals surface area (Å²) in [5.41, 5.74) is 1.58. The van der Waals surface area contributed by atoms with Crippen LogP contribution < -0.4 is 51.4 Å². The Labute approximate surface area is 195 Å². The number of hydrogen-bond donors (Lipinski definition) is 0. The first-order valence-electron chi connectivity index (χ1n) is 6.56. The topological polar surface area (TPSA) is 92.1 Å². The van der Waals surface area contributed by atoms with Crippen molar-refractivity contribution in [3.8, 4) is 0 Å². The fourth-order valence-electron chi connectivity index (χ4n) is 1.46. The second-order valence-electron chi connectivity index (χ2n) is 4.45. The zero-order chi connectivity index (χ0) is 18.1. The minimum absolute atomic E-state index is 0. The third-order valence-electron chi connectivity index (χ3n) is 2.46. The molecule has 0 aliphatic carbocycles. The van der Waals surface area contributed by atoms with Crippen LogP contribution in [0.2, 0.25) is 0 Å². The monoisotopic (exact) mass is 423 g/mol. The van der Waals surface area contributed by atoms with Gasteiger partial charge in [-0.25, -0.2) is 16.8 Å². The van der Waals surface area contributed by atoms with Crippen LogP contribution in [0.15, 0.2) is 71.5 Å². The Morgan fingerprint density at radius 3 is 1.40 bits per heavy atom. The van der Waals surface area contributed by atoms with E-state index in [0.717, 1.165) is 21.9 Å². The molecule has 0 radical (unpaired) electrons. The molecular formula is C16H15ClKNO4S2. The van der Waals surface area contributed by atoms with Crippen molar-refractivity contribution < 1.29 is 68.2 Å². The van der Waals surface area contributed by atoms with Gasteiger partial charge in [0, 0.05) is 21.5 Å². The molecule has 2 rings (SSSR count). The summed E-state index contributed by atoms with van der Waals surface area (Å²) in [6, 6.07) is 18.0. The van der Waals surface area contributed by atoms with Gasteiger partial charge in [-0.3, -0.25) is 0 Å². The summed E-state index contributed by atoms with van der Waals surface area (Å²) in [4.78, 5) is 0. The van der Waals surface area contributed by atoms with E-state index in [2.05, 4.69) is 0 Å². The maximum absolute atomic E-state index is 10.5. The molecular weight excluding hydrogens is 409 g/mol.